The zero-order valence-electron chi connectivity index (χ0n) is 9.79. The predicted molar refractivity (Wildman–Crippen MR) is 76.0 cm³/mol. The van der Waals surface area contributed by atoms with E-state index < -0.39 is 0 Å². The highest BCUT2D eigenvalue weighted by Crippen LogP contribution is 2.22. The molecule has 0 aliphatic carbocycles. The SMILES string of the molecule is Cc1cc(C(=O)Cc2ccc(Br)cc2)sc1C. The van der Waals surface area contributed by atoms with E-state index in [4.69, 9.17) is 0 Å². The molecule has 2 aromatic rings. The van der Waals surface area contributed by atoms with Crippen LogP contribution in [0.25, 0.3) is 0 Å². The summed E-state index contributed by atoms with van der Waals surface area (Å²) in [5.41, 5.74) is 2.26. The van der Waals surface area contributed by atoms with Crippen LogP contribution < -0.4 is 0 Å². The minimum absolute atomic E-state index is 0.202. The fraction of sp³-hybridized carbons (Fsp3) is 0.214. The first-order chi connectivity index (χ1) is 8.06. The van der Waals surface area contributed by atoms with Crippen molar-refractivity contribution in [1.29, 1.82) is 0 Å². The highest BCUT2D eigenvalue weighted by molar-refractivity contribution is 9.10. The summed E-state index contributed by atoms with van der Waals surface area (Å²) >= 11 is 4.97. The first-order valence-corrected chi connectivity index (χ1v) is 7.02. The smallest absolute Gasteiger partial charge is 0.177 e. The van der Waals surface area contributed by atoms with Crippen molar-refractivity contribution in [1.82, 2.24) is 0 Å². The second kappa shape index (κ2) is 5.15. The van der Waals surface area contributed by atoms with E-state index in [2.05, 4.69) is 22.9 Å². The molecule has 0 bridgehead atoms. The molecule has 0 unspecified atom stereocenters. The molecular formula is C14H13BrOS. The third kappa shape index (κ3) is 3.05. The number of carbonyl (C=O) groups excluding carboxylic acids is 1. The summed E-state index contributed by atoms with van der Waals surface area (Å²) in [7, 11) is 0. The van der Waals surface area contributed by atoms with Crippen LogP contribution in [0.15, 0.2) is 34.8 Å². The van der Waals surface area contributed by atoms with Crippen molar-refractivity contribution >= 4 is 33.0 Å². The lowest BCUT2D eigenvalue weighted by molar-refractivity contribution is 0.0997. The number of thiophene rings is 1. The van der Waals surface area contributed by atoms with Crippen molar-refractivity contribution in [3.63, 3.8) is 0 Å². The summed E-state index contributed by atoms with van der Waals surface area (Å²) in [5, 5.41) is 0. The molecule has 0 saturated heterocycles. The molecule has 0 amide bonds. The number of hydrogen-bond donors (Lipinski definition) is 0. The van der Waals surface area contributed by atoms with Crippen LogP contribution in [0.1, 0.15) is 25.7 Å². The van der Waals surface area contributed by atoms with Crippen LogP contribution in [0.4, 0.5) is 0 Å². The van der Waals surface area contributed by atoms with E-state index in [-0.39, 0.29) is 5.78 Å². The van der Waals surface area contributed by atoms with Crippen LogP contribution in [-0.4, -0.2) is 5.78 Å². The largest absolute Gasteiger partial charge is 0.293 e. The molecule has 17 heavy (non-hydrogen) atoms. The van der Waals surface area contributed by atoms with Gasteiger partial charge in [-0.2, -0.15) is 0 Å². The standard InChI is InChI=1S/C14H13BrOS/c1-9-7-14(17-10(9)2)13(16)8-11-3-5-12(15)6-4-11/h3-7H,8H2,1-2H3. The topological polar surface area (TPSA) is 17.1 Å². The number of benzene rings is 1. The lowest BCUT2D eigenvalue weighted by atomic mass is 10.1. The molecule has 0 saturated carbocycles. The van der Waals surface area contributed by atoms with Gasteiger partial charge in [0.05, 0.1) is 4.88 Å². The maximum atomic E-state index is 12.1. The van der Waals surface area contributed by atoms with Gasteiger partial charge < -0.3 is 0 Å². The van der Waals surface area contributed by atoms with Gasteiger partial charge in [0.25, 0.3) is 0 Å². The van der Waals surface area contributed by atoms with Gasteiger partial charge in [0, 0.05) is 15.8 Å². The summed E-state index contributed by atoms with van der Waals surface area (Å²) < 4.78 is 1.04. The van der Waals surface area contributed by atoms with Crippen LogP contribution in [0.2, 0.25) is 0 Å². The number of hydrogen-bond acceptors (Lipinski definition) is 2. The lowest BCUT2D eigenvalue weighted by Gasteiger charge is -1.99. The fourth-order valence-electron chi connectivity index (χ4n) is 1.59. The number of ketones is 1. The molecule has 3 heteroatoms. The molecule has 0 fully saturated rings. The van der Waals surface area contributed by atoms with E-state index >= 15 is 0 Å². The third-order valence-electron chi connectivity index (χ3n) is 2.72. The van der Waals surface area contributed by atoms with Gasteiger partial charge in [-0.3, -0.25) is 4.79 Å². The molecule has 2 rings (SSSR count). The molecule has 0 radical (unpaired) electrons. The molecule has 0 N–H and O–H groups in total. The molecule has 0 aliphatic heterocycles. The molecular weight excluding hydrogens is 296 g/mol. The van der Waals surface area contributed by atoms with Gasteiger partial charge >= 0.3 is 0 Å². The monoisotopic (exact) mass is 308 g/mol. The Bertz CT molecular complexity index is 520. The summed E-state index contributed by atoms with van der Waals surface area (Å²) in [6, 6.07) is 9.88. The van der Waals surface area contributed by atoms with Crippen molar-refractivity contribution in [3.05, 3.63) is 55.7 Å². The Labute approximate surface area is 114 Å². The molecule has 88 valence electrons. The Hall–Kier alpha value is -0.930. The Balaban J connectivity index is 2.14. The number of carbonyl (C=O) groups is 1. The second-order valence-electron chi connectivity index (χ2n) is 4.08. The van der Waals surface area contributed by atoms with Crippen LogP contribution in [0.3, 0.4) is 0 Å². The van der Waals surface area contributed by atoms with Crippen molar-refractivity contribution in [2.24, 2.45) is 0 Å². The maximum Gasteiger partial charge on any atom is 0.177 e. The molecule has 0 spiro atoms. The van der Waals surface area contributed by atoms with E-state index in [9.17, 15) is 4.79 Å². The summed E-state index contributed by atoms with van der Waals surface area (Å²) in [6.45, 7) is 4.10. The molecule has 1 heterocycles. The quantitative estimate of drug-likeness (QED) is 0.760. The number of rotatable bonds is 3. The molecule has 1 nitrogen and oxygen atoms in total. The minimum Gasteiger partial charge on any atom is -0.293 e. The van der Waals surface area contributed by atoms with Crippen LogP contribution in [-0.2, 0) is 6.42 Å². The normalized spacial score (nSPS) is 10.5. The first-order valence-electron chi connectivity index (χ1n) is 5.41. The Morgan fingerprint density at radius 3 is 2.41 bits per heavy atom. The summed E-state index contributed by atoms with van der Waals surface area (Å²) in [5.74, 6) is 0.202. The van der Waals surface area contributed by atoms with Gasteiger partial charge in [0.15, 0.2) is 5.78 Å². The third-order valence-corrected chi connectivity index (χ3v) is 4.44. The predicted octanol–water partition coefficient (Wildman–Crippen LogP) is 4.55. The molecule has 0 atom stereocenters. The zero-order chi connectivity index (χ0) is 12.4. The summed E-state index contributed by atoms with van der Waals surface area (Å²) in [4.78, 5) is 14.2. The van der Waals surface area contributed by atoms with Crippen molar-refractivity contribution in [3.8, 4) is 0 Å². The van der Waals surface area contributed by atoms with Crippen molar-refractivity contribution < 1.29 is 4.79 Å². The van der Waals surface area contributed by atoms with Gasteiger partial charge in [-0.25, -0.2) is 0 Å². The minimum atomic E-state index is 0.202. The van der Waals surface area contributed by atoms with Crippen molar-refractivity contribution in [2.45, 2.75) is 20.3 Å². The van der Waals surface area contributed by atoms with Gasteiger partial charge in [-0.15, -0.1) is 11.3 Å². The van der Waals surface area contributed by atoms with Gasteiger partial charge in [0.2, 0.25) is 0 Å². The van der Waals surface area contributed by atoms with Crippen LogP contribution in [0.5, 0.6) is 0 Å². The molecule has 1 aromatic carbocycles. The molecule has 1 aromatic heterocycles. The lowest BCUT2D eigenvalue weighted by Crippen LogP contribution is -2.00. The highest BCUT2D eigenvalue weighted by atomic mass is 79.9. The van der Waals surface area contributed by atoms with Crippen LogP contribution in [0, 0.1) is 13.8 Å². The van der Waals surface area contributed by atoms with Gasteiger partial charge in [0.1, 0.15) is 0 Å². The number of halogens is 1. The van der Waals surface area contributed by atoms with Crippen molar-refractivity contribution in [2.75, 3.05) is 0 Å². The van der Waals surface area contributed by atoms with Gasteiger partial charge in [-0.05, 0) is 43.2 Å². The molecule has 0 aliphatic rings. The Kier molecular flexibility index (Phi) is 3.79. The maximum absolute atomic E-state index is 12.1. The fourth-order valence-corrected chi connectivity index (χ4v) is 2.82. The van der Waals surface area contributed by atoms with Crippen LogP contribution >= 0.6 is 27.3 Å². The number of Topliss-reactive ketones (excluding diaryl/α,β-unsaturated/α-hetero) is 1. The zero-order valence-corrected chi connectivity index (χ0v) is 12.2. The van der Waals surface area contributed by atoms with E-state index in [1.807, 2.05) is 37.3 Å². The average molecular weight is 309 g/mol. The second-order valence-corrected chi connectivity index (χ2v) is 6.25. The van der Waals surface area contributed by atoms with E-state index in [0.717, 1.165) is 14.9 Å². The average Bonchev–Trinajstić information content (AvgIpc) is 2.63. The van der Waals surface area contributed by atoms with E-state index in [1.165, 1.54) is 10.4 Å². The van der Waals surface area contributed by atoms with Gasteiger partial charge in [-0.1, -0.05) is 28.1 Å². The summed E-state index contributed by atoms with van der Waals surface area (Å²) in [6.07, 6.45) is 0.479. The Morgan fingerprint density at radius 2 is 1.88 bits per heavy atom. The van der Waals surface area contributed by atoms with E-state index in [1.54, 1.807) is 11.3 Å². The van der Waals surface area contributed by atoms with E-state index in [0.29, 0.717) is 6.42 Å². The Morgan fingerprint density at radius 1 is 1.24 bits per heavy atom. The highest BCUT2D eigenvalue weighted by Gasteiger charge is 2.11. The number of aryl methyl sites for hydroxylation is 2. The first kappa shape index (κ1) is 12.5.